The predicted molar refractivity (Wildman–Crippen MR) is 124 cm³/mol. The van der Waals surface area contributed by atoms with Gasteiger partial charge in [-0.05, 0) is 42.7 Å². The summed E-state index contributed by atoms with van der Waals surface area (Å²) in [7, 11) is 1.94. The number of hydrogen-bond acceptors (Lipinski definition) is 3. The second kappa shape index (κ2) is 8.30. The van der Waals surface area contributed by atoms with Gasteiger partial charge < -0.3 is 14.6 Å². The number of pyridine rings is 2. The molecular weight excluding hydrogens is 461 g/mol. The van der Waals surface area contributed by atoms with E-state index in [2.05, 4.69) is 4.98 Å². The molecule has 0 aliphatic carbocycles. The van der Waals surface area contributed by atoms with Crippen molar-refractivity contribution >= 4 is 17.0 Å². The Bertz CT molecular complexity index is 1500. The molecule has 1 amide bonds. The maximum Gasteiger partial charge on any atom is 0.433 e. The zero-order chi connectivity index (χ0) is 24.9. The van der Waals surface area contributed by atoms with E-state index in [0.29, 0.717) is 29.9 Å². The van der Waals surface area contributed by atoms with Gasteiger partial charge in [-0.3, -0.25) is 14.3 Å². The first kappa shape index (κ1) is 22.7. The molecule has 4 heterocycles. The van der Waals surface area contributed by atoms with Gasteiger partial charge in [-0.2, -0.15) is 13.2 Å². The number of aromatic nitrogens is 3. The van der Waals surface area contributed by atoms with Gasteiger partial charge in [0.1, 0.15) is 5.69 Å². The molecule has 35 heavy (non-hydrogen) atoms. The highest BCUT2D eigenvalue weighted by atomic mass is 19.4. The van der Waals surface area contributed by atoms with Crippen LogP contribution < -0.4 is 5.56 Å². The van der Waals surface area contributed by atoms with Crippen LogP contribution in [0.4, 0.5) is 18.0 Å². The first-order valence-electron chi connectivity index (χ1n) is 11.0. The Balaban J connectivity index is 1.51. The van der Waals surface area contributed by atoms with E-state index in [1.165, 1.54) is 21.6 Å². The summed E-state index contributed by atoms with van der Waals surface area (Å²) in [6, 6.07) is 10.8. The lowest BCUT2D eigenvalue weighted by Gasteiger charge is -2.16. The van der Waals surface area contributed by atoms with Gasteiger partial charge in [0.15, 0.2) is 0 Å². The molecule has 0 fully saturated rings. The van der Waals surface area contributed by atoms with Crippen LogP contribution in [-0.2, 0) is 26.2 Å². The molecule has 1 aliphatic heterocycles. The number of hydrogen-bond donors (Lipinski definition) is 1. The second-order valence-corrected chi connectivity index (χ2v) is 8.55. The van der Waals surface area contributed by atoms with Gasteiger partial charge in [-0.25, -0.2) is 4.79 Å². The lowest BCUT2D eigenvalue weighted by molar-refractivity contribution is -0.141. The summed E-state index contributed by atoms with van der Waals surface area (Å²) in [6.45, 7) is 0.803. The largest absolute Gasteiger partial charge is 0.465 e. The number of rotatable bonds is 2. The topological polar surface area (TPSA) is 80.4 Å². The standard InChI is InChI=1S/C25H21F3N4O3/c1-30-20-3-2-9-31(24(34)35)14-19(20)18-6-5-17(12-21(18)30)32-10-8-15(11-23(32)33)16-4-7-22(29-13-16)25(26,27)28/h4-8,10-13H,2-3,9,14H2,1H3,(H,34,35). The molecule has 1 aliphatic rings. The van der Waals surface area contributed by atoms with Crippen LogP contribution in [0.3, 0.4) is 0 Å². The molecule has 1 aromatic carbocycles. The van der Waals surface area contributed by atoms with Crippen LogP contribution in [0.15, 0.2) is 59.7 Å². The molecule has 0 saturated heterocycles. The summed E-state index contributed by atoms with van der Waals surface area (Å²) >= 11 is 0. The van der Waals surface area contributed by atoms with Crippen molar-refractivity contribution < 1.29 is 23.1 Å². The summed E-state index contributed by atoms with van der Waals surface area (Å²) in [5, 5.41) is 10.4. The number of halogens is 3. The lowest BCUT2D eigenvalue weighted by atomic mass is 10.1. The summed E-state index contributed by atoms with van der Waals surface area (Å²) in [5.74, 6) is 0. The summed E-state index contributed by atoms with van der Waals surface area (Å²) < 4.78 is 41.8. The van der Waals surface area contributed by atoms with Gasteiger partial charge in [0.05, 0.1) is 17.7 Å². The number of fused-ring (bicyclic) bond motifs is 3. The van der Waals surface area contributed by atoms with Crippen LogP contribution >= 0.6 is 0 Å². The second-order valence-electron chi connectivity index (χ2n) is 8.55. The number of carboxylic acid groups (broad SMARTS) is 1. The molecule has 5 rings (SSSR count). The molecule has 0 radical (unpaired) electrons. The zero-order valence-electron chi connectivity index (χ0n) is 18.7. The monoisotopic (exact) mass is 482 g/mol. The van der Waals surface area contributed by atoms with E-state index in [1.54, 1.807) is 18.3 Å². The zero-order valence-corrected chi connectivity index (χ0v) is 18.7. The number of carbonyl (C=O) groups is 1. The Morgan fingerprint density at radius 3 is 2.54 bits per heavy atom. The smallest absolute Gasteiger partial charge is 0.433 e. The molecule has 180 valence electrons. The summed E-state index contributed by atoms with van der Waals surface area (Å²) in [6.07, 6.45) is -1.30. The minimum atomic E-state index is -4.53. The minimum absolute atomic E-state index is 0.317. The van der Waals surface area contributed by atoms with Crippen molar-refractivity contribution in [3.8, 4) is 16.8 Å². The molecule has 3 aromatic heterocycles. The fourth-order valence-corrected chi connectivity index (χ4v) is 4.68. The highest BCUT2D eigenvalue weighted by Gasteiger charge is 2.32. The van der Waals surface area contributed by atoms with E-state index < -0.39 is 18.0 Å². The van der Waals surface area contributed by atoms with Crippen LogP contribution in [-0.4, -0.2) is 36.8 Å². The normalized spacial score (nSPS) is 14.1. The number of nitrogens with zero attached hydrogens (tertiary/aromatic N) is 4. The number of aryl methyl sites for hydroxylation is 1. The minimum Gasteiger partial charge on any atom is -0.465 e. The predicted octanol–water partition coefficient (Wildman–Crippen LogP) is 4.84. The Hall–Kier alpha value is -4.08. The highest BCUT2D eigenvalue weighted by molar-refractivity contribution is 5.87. The maximum absolute atomic E-state index is 12.9. The van der Waals surface area contributed by atoms with E-state index in [-0.39, 0.29) is 5.56 Å². The molecule has 0 unspecified atom stereocenters. The van der Waals surface area contributed by atoms with E-state index in [0.717, 1.165) is 47.3 Å². The van der Waals surface area contributed by atoms with Gasteiger partial charge in [0.25, 0.3) is 5.56 Å². The van der Waals surface area contributed by atoms with Crippen LogP contribution in [0, 0.1) is 0 Å². The Labute approximate surface area is 197 Å². The molecule has 0 spiro atoms. The Kier molecular flexibility index (Phi) is 5.38. The van der Waals surface area contributed by atoms with Gasteiger partial charge in [-0.15, -0.1) is 0 Å². The van der Waals surface area contributed by atoms with Crippen molar-refractivity contribution in [1.82, 2.24) is 19.0 Å². The van der Waals surface area contributed by atoms with E-state index in [1.807, 2.05) is 23.7 Å². The molecule has 0 atom stereocenters. The molecule has 1 N–H and O–H groups in total. The van der Waals surface area contributed by atoms with Gasteiger partial charge in [0, 0.05) is 54.3 Å². The van der Waals surface area contributed by atoms with Crippen LogP contribution in [0.1, 0.15) is 23.4 Å². The van der Waals surface area contributed by atoms with Crippen molar-refractivity contribution in [2.75, 3.05) is 6.54 Å². The van der Waals surface area contributed by atoms with Crippen molar-refractivity contribution in [3.63, 3.8) is 0 Å². The van der Waals surface area contributed by atoms with E-state index in [4.69, 9.17) is 0 Å². The Morgan fingerprint density at radius 1 is 1.09 bits per heavy atom. The summed E-state index contributed by atoms with van der Waals surface area (Å²) in [5.41, 5.74) is 3.13. The average Bonchev–Trinajstić information content (AvgIpc) is 2.97. The van der Waals surface area contributed by atoms with Crippen molar-refractivity contribution in [3.05, 3.63) is 82.2 Å². The molecule has 4 aromatic rings. The quantitative estimate of drug-likeness (QED) is 0.444. The fourth-order valence-electron chi connectivity index (χ4n) is 4.68. The average molecular weight is 482 g/mol. The van der Waals surface area contributed by atoms with E-state index >= 15 is 0 Å². The van der Waals surface area contributed by atoms with Gasteiger partial charge in [0.2, 0.25) is 0 Å². The third-order valence-electron chi connectivity index (χ3n) is 6.47. The molecule has 0 bridgehead atoms. The van der Waals surface area contributed by atoms with Crippen molar-refractivity contribution in [2.45, 2.75) is 25.6 Å². The Morgan fingerprint density at radius 2 is 1.89 bits per heavy atom. The SMILES string of the molecule is Cn1c2c(c3ccc(-n4ccc(-c5ccc(C(F)(F)F)nc5)cc4=O)cc31)CN(C(=O)O)CCC2. The first-order valence-corrected chi connectivity index (χ1v) is 11.0. The van der Waals surface area contributed by atoms with Crippen LogP contribution in [0.5, 0.6) is 0 Å². The van der Waals surface area contributed by atoms with Gasteiger partial charge >= 0.3 is 12.3 Å². The number of alkyl halides is 3. The van der Waals surface area contributed by atoms with Crippen LogP contribution in [0.2, 0.25) is 0 Å². The number of amides is 1. The van der Waals surface area contributed by atoms with Crippen molar-refractivity contribution in [1.29, 1.82) is 0 Å². The maximum atomic E-state index is 12.9. The van der Waals surface area contributed by atoms with Crippen LogP contribution in [0.25, 0.3) is 27.7 Å². The van der Waals surface area contributed by atoms with Gasteiger partial charge in [-0.1, -0.05) is 12.1 Å². The number of benzene rings is 1. The first-order chi connectivity index (χ1) is 16.6. The fraction of sp³-hybridized carbons (Fsp3) is 0.240. The molecule has 10 heteroatoms. The van der Waals surface area contributed by atoms with Crippen molar-refractivity contribution in [2.24, 2.45) is 7.05 Å². The molecule has 0 saturated carbocycles. The highest BCUT2D eigenvalue weighted by Crippen LogP contribution is 2.32. The summed E-state index contributed by atoms with van der Waals surface area (Å²) in [4.78, 5) is 29.3. The third-order valence-corrected chi connectivity index (χ3v) is 6.47. The lowest BCUT2D eigenvalue weighted by Crippen LogP contribution is -2.28. The van der Waals surface area contributed by atoms with E-state index in [9.17, 15) is 27.9 Å². The third kappa shape index (κ3) is 4.05. The molecule has 7 nitrogen and oxygen atoms in total. The molecular formula is C25H21F3N4O3.